The smallest absolute Gasteiger partial charge is 0.221 e. The molecule has 0 saturated carbocycles. The molecule has 0 saturated heterocycles. The van der Waals surface area contributed by atoms with Gasteiger partial charge in [0.2, 0.25) is 5.91 Å². The van der Waals surface area contributed by atoms with Gasteiger partial charge in [-0.05, 0) is 24.6 Å². The molecule has 23 heavy (non-hydrogen) atoms. The lowest BCUT2D eigenvalue weighted by atomic mass is 10.2. The molecule has 6 nitrogen and oxygen atoms in total. The number of carbonyl (C=O) groups excluding carboxylic acids is 1. The number of aromatic nitrogens is 2. The lowest BCUT2D eigenvalue weighted by Crippen LogP contribution is -2.19. The summed E-state index contributed by atoms with van der Waals surface area (Å²) in [5.74, 6) is 1.51. The van der Waals surface area contributed by atoms with Gasteiger partial charge in [0.1, 0.15) is 18.0 Å². The van der Waals surface area contributed by atoms with Crippen molar-refractivity contribution in [3.8, 4) is 0 Å². The highest BCUT2D eigenvalue weighted by atomic mass is 16.1. The number of hydrogen-bond donors (Lipinski definition) is 2. The molecule has 0 radical (unpaired) electrons. The minimum atomic E-state index is -0.0935. The van der Waals surface area contributed by atoms with Crippen LogP contribution >= 0.6 is 0 Å². The summed E-state index contributed by atoms with van der Waals surface area (Å²) in [5.41, 5.74) is 1.61. The van der Waals surface area contributed by atoms with Gasteiger partial charge in [-0.15, -0.1) is 0 Å². The zero-order valence-electron chi connectivity index (χ0n) is 13.8. The standard InChI is InChI=1S/C17H23N5O/c1-4-5-9-22(3)17-11-16(18-12-19-17)21-15-8-6-7-14(10-15)20-13(2)23/h6-8,10-12H,4-5,9H2,1-3H3,(H,20,23)(H,18,19,21). The first-order valence-electron chi connectivity index (χ1n) is 7.76. The second kappa shape index (κ2) is 8.12. The first-order chi connectivity index (χ1) is 11.1. The van der Waals surface area contributed by atoms with E-state index in [1.165, 1.54) is 6.92 Å². The second-order valence-electron chi connectivity index (χ2n) is 5.42. The molecule has 2 aromatic rings. The lowest BCUT2D eigenvalue weighted by Gasteiger charge is -2.18. The molecule has 1 aromatic heterocycles. The fourth-order valence-electron chi connectivity index (χ4n) is 2.16. The molecular formula is C17H23N5O. The van der Waals surface area contributed by atoms with E-state index in [0.717, 1.165) is 42.4 Å². The fraction of sp³-hybridized carbons (Fsp3) is 0.353. The van der Waals surface area contributed by atoms with Crippen molar-refractivity contribution < 1.29 is 4.79 Å². The molecule has 0 aliphatic carbocycles. The summed E-state index contributed by atoms with van der Waals surface area (Å²) in [4.78, 5) is 21.8. The number of nitrogens with one attached hydrogen (secondary N) is 2. The Morgan fingerprint density at radius 1 is 1.22 bits per heavy atom. The first kappa shape index (κ1) is 16.7. The quantitative estimate of drug-likeness (QED) is 0.819. The molecule has 1 heterocycles. The van der Waals surface area contributed by atoms with Crippen LogP contribution in [0.25, 0.3) is 0 Å². The molecule has 0 aliphatic rings. The molecule has 6 heteroatoms. The van der Waals surface area contributed by atoms with Gasteiger partial charge < -0.3 is 15.5 Å². The number of rotatable bonds is 7. The van der Waals surface area contributed by atoms with Gasteiger partial charge in [0.15, 0.2) is 0 Å². The normalized spacial score (nSPS) is 10.2. The van der Waals surface area contributed by atoms with E-state index in [9.17, 15) is 4.79 Å². The number of amides is 1. The molecular weight excluding hydrogens is 290 g/mol. The minimum absolute atomic E-state index is 0.0935. The molecule has 0 atom stereocenters. The average molecular weight is 313 g/mol. The third-order valence-corrected chi connectivity index (χ3v) is 3.35. The fourth-order valence-corrected chi connectivity index (χ4v) is 2.16. The van der Waals surface area contributed by atoms with Crippen LogP contribution in [-0.2, 0) is 4.79 Å². The summed E-state index contributed by atoms with van der Waals surface area (Å²) in [6, 6.07) is 9.43. The summed E-state index contributed by atoms with van der Waals surface area (Å²) < 4.78 is 0. The van der Waals surface area contributed by atoms with Crippen molar-refractivity contribution in [2.45, 2.75) is 26.7 Å². The Kier molecular flexibility index (Phi) is 5.91. The Morgan fingerprint density at radius 3 is 2.74 bits per heavy atom. The maximum Gasteiger partial charge on any atom is 0.221 e. The zero-order chi connectivity index (χ0) is 16.7. The second-order valence-corrected chi connectivity index (χ2v) is 5.42. The lowest BCUT2D eigenvalue weighted by molar-refractivity contribution is -0.114. The molecule has 1 amide bonds. The Bertz CT molecular complexity index is 659. The summed E-state index contributed by atoms with van der Waals surface area (Å²) in [6.07, 6.45) is 3.83. The predicted octanol–water partition coefficient (Wildman–Crippen LogP) is 3.41. The number of carbonyl (C=O) groups is 1. The Labute approximate surface area is 137 Å². The van der Waals surface area contributed by atoms with E-state index >= 15 is 0 Å². The van der Waals surface area contributed by atoms with Gasteiger partial charge in [0.25, 0.3) is 0 Å². The highest BCUT2D eigenvalue weighted by Crippen LogP contribution is 2.21. The number of benzene rings is 1. The van der Waals surface area contributed by atoms with Crippen molar-refractivity contribution in [2.24, 2.45) is 0 Å². The molecule has 2 rings (SSSR count). The SMILES string of the molecule is CCCCN(C)c1cc(Nc2cccc(NC(C)=O)c2)ncn1. The zero-order valence-corrected chi connectivity index (χ0v) is 13.8. The van der Waals surface area contributed by atoms with E-state index in [0.29, 0.717) is 0 Å². The van der Waals surface area contributed by atoms with Gasteiger partial charge >= 0.3 is 0 Å². The van der Waals surface area contributed by atoms with Crippen LogP contribution in [0, 0.1) is 0 Å². The van der Waals surface area contributed by atoms with E-state index < -0.39 is 0 Å². The van der Waals surface area contributed by atoms with Gasteiger partial charge in [0.05, 0.1) is 0 Å². The predicted molar refractivity (Wildman–Crippen MR) is 94.2 cm³/mol. The first-order valence-corrected chi connectivity index (χ1v) is 7.76. The highest BCUT2D eigenvalue weighted by Gasteiger charge is 2.05. The Balaban J connectivity index is 2.09. The molecule has 2 N–H and O–H groups in total. The van der Waals surface area contributed by atoms with Crippen LogP contribution in [0.5, 0.6) is 0 Å². The third-order valence-electron chi connectivity index (χ3n) is 3.35. The van der Waals surface area contributed by atoms with Crippen LogP contribution in [0.15, 0.2) is 36.7 Å². The van der Waals surface area contributed by atoms with Crippen LogP contribution in [0.2, 0.25) is 0 Å². The van der Waals surface area contributed by atoms with Gasteiger partial charge in [-0.3, -0.25) is 4.79 Å². The van der Waals surface area contributed by atoms with Crippen LogP contribution in [0.4, 0.5) is 23.0 Å². The van der Waals surface area contributed by atoms with E-state index in [2.05, 4.69) is 32.4 Å². The molecule has 0 aliphatic heterocycles. The molecule has 0 bridgehead atoms. The number of nitrogens with zero attached hydrogens (tertiary/aromatic N) is 3. The number of anilines is 4. The molecule has 0 spiro atoms. The maximum absolute atomic E-state index is 11.1. The van der Waals surface area contributed by atoms with Crippen molar-refractivity contribution in [3.05, 3.63) is 36.7 Å². The summed E-state index contributed by atoms with van der Waals surface area (Å²) >= 11 is 0. The average Bonchev–Trinajstić information content (AvgIpc) is 2.52. The van der Waals surface area contributed by atoms with Gasteiger partial charge in [-0.2, -0.15) is 0 Å². The van der Waals surface area contributed by atoms with Crippen LogP contribution in [-0.4, -0.2) is 29.5 Å². The minimum Gasteiger partial charge on any atom is -0.360 e. The molecule has 1 aromatic carbocycles. The van der Waals surface area contributed by atoms with Crippen molar-refractivity contribution in [3.63, 3.8) is 0 Å². The van der Waals surface area contributed by atoms with Crippen molar-refractivity contribution in [1.82, 2.24) is 9.97 Å². The van der Waals surface area contributed by atoms with Gasteiger partial charge in [-0.1, -0.05) is 19.4 Å². The van der Waals surface area contributed by atoms with Crippen molar-refractivity contribution in [2.75, 3.05) is 29.1 Å². The monoisotopic (exact) mass is 313 g/mol. The molecule has 0 fully saturated rings. The van der Waals surface area contributed by atoms with E-state index in [1.54, 1.807) is 6.33 Å². The van der Waals surface area contributed by atoms with Crippen LogP contribution in [0.1, 0.15) is 26.7 Å². The molecule has 0 unspecified atom stereocenters. The third kappa shape index (κ3) is 5.25. The number of hydrogen-bond acceptors (Lipinski definition) is 5. The summed E-state index contributed by atoms with van der Waals surface area (Å²) in [5, 5.41) is 6.00. The molecule has 122 valence electrons. The van der Waals surface area contributed by atoms with Gasteiger partial charge in [0, 0.05) is 38.0 Å². The van der Waals surface area contributed by atoms with E-state index in [4.69, 9.17) is 0 Å². The highest BCUT2D eigenvalue weighted by molar-refractivity contribution is 5.89. The largest absolute Gasteiger partial charge is 0.360 e. The Hall–Kier alpha value is -2.63. The Morgan fingerprint density at radius 2 is 2.00 bits per heavy atom. The summed E-state index contributed by atoms with van der Waals surface area (Å²) in [7, 11) is 2.03. The van der Waals surface area contributed by atoms with Crippen LogP contribution < -0.4 is 15.5 Å². The van der Waals surface area contributed by atoms with Crippen molar-refractivity contribution >= 4 is 28.9 Å². The van der Waals surface area contributed by atoms with Crippen LogP contribution in [0.3, 0.4) is 0 Å². The van der Waals surface area contributed by atoms with Crippen molar-refractivity contribution in [1.29, 1.82) is 0 Å². The van der Waals surface area contributed by atoms with Gasteiger partial charge in [-0.25, -0.2) is 9.97 Å². The van der Waals surface area contributed by atoms with E-state index in [1.807, 2.05) is 37.4 Å². The van der Waals surface area contributed by atoms with E-state index in [-0.39, 0.29) is 5.91 Å². The maximum atomic E-state index is 11.1. The number of unbranched alkanes of at least 4 members (excludes halogenated alkanes) is 1. The topological polar surface area (TPSA) is 70.2 Å². The summed E-state index contributed by atoms with van der Waals surface area (Å²) in [6.45, 7) is 4.62.